The largest absolute Gasteiger partial charge is 0.495 e. The molecule has 1 fully saturated rings. The molecule has 6 nitrogen and oxygen atoms in total. The van der Waals surface area contributed by atoms with Crippen LogP contribution in [0.25, 0.3) is 0 Å². The Hall–Kier alpha value is -1.80. The summed E-state index contributed by atoms with van der Waals surface area (Å²) in [6.45, 7) is 6.02. The quantitative estimate of drug-likeness (QED) is 0.647. The van der Waals surface area contributed by atoms with Gasteiger partial charge in [-0.1, -0.05) is 11.6 Å². The van der Waals surface area contributed by atoms with Crippen molar-refractivity contribution in [3.05, 3.63) is 47.4 Å². The molecule has 0 aliphatic carbocycles. The molecule has 1 aliphatic rings. The summed E-state index contributed by atoms with van der Waals surface area (Å²) >= 11 is 11.8. The van der Waals surface area contributed by atoms with E-state index < -0.39 is 0 Å². The molecule has 2 heterocycles. The lowest BCUT2D eigenvalue weighted by atomic mass is 10.3. The molecule has 0 radical (unpaired) electrons. The zero-order valence-electron chi connectivity index (χ0n) is 16.0. The van der Waals surface area contributed by atoms with Crippen molar-refractivity contribution in [1.29, 1.82) is 0 Å². The minimum absolute atomic E-state index is 0.602. The Kier molecular flexibility index (Phi) is 7.97. The molecule has 8 heteroatoms. The van der Waals surface area contributed by atoms with Gasteiger partial charge in [0, 0.05) is 31.2 Å². The molecular weight excluding hydrogens is 398 g/mol. The van der Waals surface area contributed by atoms with Crippen LogP contribution < -0.4 is 10.1 Å². The summed E-state index contributed by atoms with van der Waals surface area (Å²) < 4.78 is 16.3. The first kappa shape index (κ1) is 20.9. The average molecular weight is 424 g/mol. The van der Waals surface area contributed by atoms with Gasteiger partial charge in [0.25, 0.3) is 0 Å². The van der Waals surface area contributed by atoms with Gasteiger partial charge in [0.05, 0.1) is 38.8 Å². The van der Waals surface area contributed by atoms with E-state index in [4.69, 9.17) is 37.7 Å². The van der Waals surface area contributed by atoms with Crippen LogP contribution in [0.5, 0.6) is 5.75 Å². The van der Waals surface area contributed by atoms with Gasteiger partial charge in [-0.05, 0) is 49.0 Å². The molecule has 0 saturated carbocycles. The second kappa shape index (κ2) is 10.7. The highest BCUT2D eigenvalue weighted by atomic mass is 35.5. The lowest BCUT2D eigenvalue weighted by Gasteiger charge is -2.29. The highest BCUT2D eigenvalue weighted by molar-refractivity contribution is 7.80. The molecule has 1 N–H and O–H groups in total. The standard InChI is InChI=1S/C20H26ClN3O3S/c1-25-19-6-5-16(21)14-18(19)22-20(28)24(15-17-4-2-11-27-17)8-3-7-23-9-12-26-13-10-23/h2,4-6,11,14H,3,7-10,12-13,15H2,1H3,(H,22,28). The van der Waals surface area contributed by atoms with E-state index in [2.05, 4.69) is 15.1 Å². The first-order chi connectivity index (χ1) is 13.7. The number of benzene rings is 1. The molecule has 2 aromatic rings. The summed E-state index contributed by atoms with van der Waals surface area (Å²) in [6.07, 6.45) is 2.67. The van der Waals surface area contributed by atoms with Crippen LogP contribution in [-0.4, -0.2) is 61.4 Å². The molecule has 3 rings (SSSR count). The van der Waals surface area contributed by atoms with Crippen molar-refractivity contribution in [2.24, 2.45) is 0 Å². The molecular formula is C20H26ClN3O3S. The summed E-state index contributed by atoms with van der Waals surface area (Å²) in [7, 11) is 1.63. The number of hydrogen-bond donors (Lipinski definition) is 1. The number of methoxy groups -OCH3 is 1. The summed E-state index contributed by atoms with van der Waals surface area (Å²) in [6, 6.07) is 9.26. The first-order valence-corrected chi connectivity index (χ1v) is 10.2. The molecule has 0 amide bonds. The zero-order chi connectivity index (χ0) is 19.8. The SMILES string of the molecule is COc1ccc(Cl)cc1NC(=S)N(CCCN1CCOCC1)Cc1ccco1. The van der Waals surface area contributed by atoms with Crippen molar-refractivity contribution in [1.82, 2.24) is 9.80 Å². The van der Waals surface area contributed by atoms with Crippen molar-refractivity contribution < 1.29 is 13.9 Å². The van der Waals surface area contributed by atoms with Crippen LogP contribution in [0.2, 0.25) is 5.02 Å². The number of anilines is 1. The summed E-state index contributed by atoms with van der Waals surface area (Å²) in [5, 5.41) is 4.51. The number of ether oxygens (including phenoxy) is 2. The average Bonchev–Trinajstić information content (AvgIpc) is 3.21. The van der Waals surface area contributed by atoms with Crippen molar-refractivity contribution in [2.45, 2.75) is 13.0 Å². The molecule has 0 unspecified atom stereocenters. The lowest BCUT2D eigenvalue weighted by molar-refractivity contribution is 0.0367. The van der Waals surface area contributed by atoms with Gasteiger partial charge in [0.15, 0.2) is 5.11 Å². The third kappa shape index (κ3) is 6.10. The van der Waals surface area contributed by atoms with Crippen LogP contribution in [-0.2, 0) is 11.3 Å². The van der Waals surface area contributed by atoms with E-state index >= 15 is 0 Å². The number of furan rings is 1. The molecule has 28 heavy (non-hydrogen) atoms. The van der Waals surface area contributed by atoms with Gasteiger partial charge in [-0.2, -0.15) is 0 Å². The Labute approximate surface area is 176 Å². The maximum atomic E-state index is 6.14. The second-order valence-electron chi connectivity index (χ2n) is 6.58. The predicted octanol–water partition coefficient (Wildman–Crippen LogP) is 3.86. The number of nitrogens with one attached hydrogen (secondary N) is 1. The molecule has 0 spiro atoms. The smallest absolute Gasteiger partial charge is 0.173 e. The van der Waals surface area contributed by atoms with Gasteiger partial charge >= 0.3 is 0 Å². The van der Waals surface area contributed by atoms with Gasteiger partial charge in [0.1, 0.15) is 11.5 Å². The monoisotopic (exact) mass is 423 g/mol. The number of nitrogens with zero attached hydrogens (tertiary/aromatic N) is 2. The number of rotatable bonds is 8. The number of morpholine rings is 1. The van der Waals surface area contributed by atoms with Crippen molar-refractivity contribution >= 4 is 34.6 Å². The highest BCUT2D eigenvalue weighted by Crippen LogP contribution is 2.28. The van der Waals surface area contributed by atoms with Crippen LogP contribution in [0.3, 0.4) is 0 Å². The van der Waals surface area contributed by atoms with Gasteiger partial charge in [-0.15, -0.1) is 0 Å². The normalized spacial score (nSPS) is 14.6. The third-order valence-corrected chi connectivity index (χ3v) is 5.22. The van der Waals surface area contributed by atoms with Crippen LogP contribution in [0.15, 0.2) is 41.0 Å². The number of thiocarbonyl (C=S) groups is 1. The van der Waals surface area contributed by atoms with E-state index in [1.165, 1.54) is 0 Å². The Balaban J connectivity index is 1.63. The van der Waals surface area contributed by atoms with Crippen LogP contribution in [0.4, 0.5) is 5.69 Å². The van der Waals surface area contributed by atoms with E-state index in [-0.39, 0.29) is 0 Å². The molecule has 1 aromatic carbocycles. The van der Waals surface area contributed by atoms with E-state index in [9.17, 15) is 0 Å². The summed E-state index contributed by atoms with van der Waals surface area (Å²) in [4.78, 5) is 4.53. The van der Waals surface area contributed by atoms with Gasteiger partial charge in [-0.25, -0.2) is 0 Å². The number of hydrogen-bond acceptors (Lipinski definition) is 5. The summed E-state index contributed by atoms with van der Waals surface area (Å²) in [5.41, 5.74) is 0.748. The highest BCUT2D eigenvalue weighted by Gasteiger charge is 2.16. The first-order valence-electron chi connectivity index (χ1n) is 9.37. The fourth-order valence-corrected chi connectivity index (χ4v) is 3.56. The Morgan fingerprint density at radius 3 is 2.86 bits per heavy atom. The van der Waals surface area contributed by atoms with E-state index in [1.54, 1.807) is 19.4 Å². The minimum Gasteiger partial charge on any atom is -0.495 e. The molecule has 1 aromatic heterocycles. The van der Waals surface area contributed by atoms with Gasteiger partial charge < -0.3 is 24.1 Å². The number of halogens is 1. The van der Waals surface area contributed by atoms with Crippen LogP contribution in [0.1, 0.15) is 12.2 Å². The Bertz CT molecular complexity index is 751. The fraction of sp³-hybridized carbons (Fsp3) is 0.450. The van der Waals surface area contributed by atoms with Crippen molar-refractivity contribution in [2.75, 3.05) is 51.8 Å². The van der Waals surface area contributed by atoms with E-state index in [0.29, 0.717) is 22.4 Å². The molecule has 1 saturated heterocycles. The second-order valence-corrected chi connectivity index (χ2v) is 7.41. The van der Waals surface area contributed by atoms with Crippen LogP contribution >= 0.6 is 23.8 Å². The van der Waals surface area contributed by atoms with Gasteiger partial charge in [0.2, 0.25) is 0 Å². The third-order valence-electron chi connectivity index (χ3n) is 4.62. The Morgan fingerprint density at radius 1 is 1.32 bits per heavy atom. The fourth-order valence-electron chi connectivity index (χ4n) is 3.13. The van der Waals surface area contributed by atoms with E-state index in [1.807, 2.05) is 24.3 Å². The Morgan fingerprint density at radius 2 is 2.14 bits per heavy atom. The molecule has 0 bridgehead atoms. The predicted molar refractivity (Wildman–Crippen MR) is 115 cm³/mol. The molecule has 1 aliphatic heterocycles. The summed E-state index contributed by atoms with van der Waals surface area (Å²) in [5.74, 6) is 1.56. The van der Waals surface area contributed by atoms with Crippen LogP contribution in [0, 0.1) is 0 Å². The van der Waals surface area contributed by atoms with Crippen molar-refractivity contribution in [3.63, 3.8) is 0 Å². The maximum Gasteiger partial charge on any atom is 0.173 e. The topological polar surface area (TPSA) is 50.1 Å². The maximum absolute atomic E-state index is 6.14. The minimum atomic E-state index is 0.602. The molecule has 152 valence electrons. The van der Waals surface area contributed by atoms with E-state index in [0.717, 1.165) is 57.3 Å². The van der Waals surface area contributed by atoms with Gasteiger partial charge in [-0.3, -0.25) is 4.90 Å². The lowest BCUT2D eigenvalue weighted by Crippen LogP contribution is -2.40. The molecule has 0 atom stereocenters. The zero-order valence-corrected chi connectivity index (χ0v) is 17.6. The van der Waals surface area contributed by atoms with Crippen molar-refractivity contribution in [3.8, 4) is 5.75 Å².